The molecule has 7 nitrogen and oxygen atoms in total. The maximum Gasteiger partial charge on any atom is 0.242 e. The number of hydrogen-bond donors (Lipinski definition) is 2. The van der Waals surface area contributed by atoms with Gasteiger partial charge in [-0.2, -0.15) is 4.98 Å². The average Bonchev–Trinajstić information content (AvgIpc) is 3.38. The normalized spacial score (nSPS) is 24.3. The summed E-state index contributed by atoms with van der Waals surface area (Å²) in [5.74, 6) is 1.79. The van der Waals surface area contributed by atoms with Gasteiger partial charge in [0.05, 0.1) is 0 Å². The molecule has 1 aromatic heterocycles. The highest BCUT2D eigenvalue weighted by Gasteiger charge is 2.37. The molecule has 1 aliphatic carbocycles. The van der Waals surface area contributed by atoms with E-state index in [1.54, 1.807) is 0 Å². The minimum absolute atomic E-state index is 0.103. The SMILES string of the molecule is Cc1cnc(NC2CCN(C(C)C)CC2)nc1N(C1CCCC1)C1CCNC1=O. The predicted molar refractivity (Wildman–Crippen MR) is 116 cm³/mol. The first kappa shape index (κ1) is 20.4. The van der Waals surface area contributed by atoms with Crippen LogP contribution in [-0.4, -0.2) is 64.6 Å². The number of carbonyl (C=O) groups is 1. The highest BCUT2D eigenvalue weighted by molar-refractivity contribution is 5.87. The fourth-order valence-electron chi connectivity index (χ4n) is 5.11. The van der Waals surface area contributed by atoms with E-state index in [4.69, 9.17) is 4.98 Å². The van der Waals surface area contributed by atoms with Gasteiger partial charge in [-0.3, -0.25) is 4.79 Å². The van der Waals surface area contributed by atoms with E-state index >= 15 is 0 Å². The van der Waals surface area contributed by atoms with Crippen molar-refractivity contribution in [2.75, 3.05) is 29.9 Å². The van der Waals surface area contributed by atoms with Crippen LogP contribution >= 0.6 is 0 Å². The molecule has 3 heterocycles. The van der Waals surface area contributed by atoms with Gasteiger partial charge in [-0.15, -0.1) is 0 Å². The van der Waals surface area contributed by atoms with E-state index in [-0.39, 0.29) is 11.9 Å². The Morgan fingerprint density at radius 2 is 1.90 bits per heavy atom. The molecule has 2 aliphatic heterocycles. The summed E-state index contributed by atoms with van der Waals surface area (Å²) in [6.45, 7) is 9.58. The zero-order valence-corrected chi connectivity index (χ0v) is 18.2. The summed E-state index contributed by atoms with van der Waals surface area (Å²) in [4.78, 5) is 26.9. The van der Waals surface area contributed by atoms with Crippen molar-refractivity contribution in [2.24, 2.45) is 0 Å². The van der Waals surface area contributed by atoms with Crippen LogP contribution in [0, 0.1) is 6.92 Å². The fraction of sp³-hybridized carbons (Fsp3) is 0.773. The molecule has 1 atom stereocenters. The number of rotatable bonds is 6. The minimum atomic E-state index is -0.103. The van der Waals surface area contributed by atoms with Crippen molar-refractivity contribution in [1.29, 1.82) is 0 Å². The second kappa shape index (κ2) is 8.86. The van der Waals surface area contributed by atoms with Gasteiger partial charge in [-0.1, -0.05) is 12.8 Å². The van der Waals surface area contributed by atoms with Crippen LogP contribution in [0.25, 0.3) is 0 Å². The van der Waals surface area contributed by atoms with Crippen LogP contribution in [0.5, 0.6) is 0 Å². The monoisotopic (exact) mass is 400 g/mol. The molecular formula is C22H36N6O. The molecule has 160 valence electrons. The molecule has 4 rings (SSSR count). The molecule has 0 radical (unpaired) electrons. The molecule has 0 aromatic carbocycles. The van der Waals surface area contributed by atoms with Crippen LogP contribution in [0.2, 0.25) is 0 Å². The molecule has 3 aliphatic rings. The van der Waals surface area contributed by atoms with Crippen molar-refractivity contribution < 1.29 is 4.79 Å². The molecule has 0 spiro atoms. The third kappa shape index (κ3) is 4.49. The lowest BCUT2D eigenvalue weighted by atomic mass is 10.0. The number of piperidine rings is 1. The third-order valence-electron chi connectivity index (χ3n) is 6.86. The zero-order valence-electron chi connectivity index (χ0n) is 18.2. The maximum absolute atomic E-state index is 12.5. The van der Waals surface area contributed by atoms with Crippen LogP contribution in [-0.2, 0) is 4.79 Å². The Morgan fingerprint density at radius 3 is 2.52 bits per heavy atom. The van der Waals surface area contributed by atoms with Crippen molar-refractivity contribution in [3.05, 3.63) is 11.8 Å². The lowest BCUT2D eigenvalue weighted by Crippen LogP contribution is -2.47. The summed E-state index contributed by atoms with van der Waals surface area (Å²) in [7, 11) is 0. The molecule has 0 bridgehead atoms. The van der Waals surface area contributed by atoms with Crippen LogP contribution in [0.15, 0.2) is 6.20 Å². The standard InChI is InChI=1S/C22H36N6O/c1-15(2)27-12-9-17(10-13-27)25-22-24-14-16(3)20(26-22)28(18-6-4-5-7-18)19-8-11-23-21(19)29/h14-15,17-19H,4-13H2,1-3H3,(H,23,29)(H,24,25,26). The first-order chi connectivity index (χ1) is 14.0. The summed E-state index contributed by atoms with van der Waals surface area (Å²) in [6.07, 6.45) is 9.76. The van der Waals surface area contributed by atoms with Gasteiger partial charge in [-0.05, 0) is 52.9 Å². The number of hydrogen-bond acceptors (Lipinski definition) is 6. The van der Waals surface area contributed by atoms with E-state index in [9.17, 15) is 4.79 Å². The highest BCUT2D eigenvalue weighted by Crippen LogP contribution is 2.33. The largest absolute Gasteiger partial charge is 0.354 e. The summed E-state index contributed by atoms with van der Waals surface area (Å²) < 4.78 is 0. The summed E-state index contributed by atoms with van der Waals surface area (Å²) in [6, 6.07) is 1.32. The van der Waals surface area contributed by atoms with Crippen molar-refractivity contribution in [1.82, 2.24) is 20.2 Å². The molecule has 1 aromatic rings. The van der Waals surface area contributed by atoms with Gasteiger partial charge in [0.25, 0.3) is 0 Å². The van der Waals surface area contributed by atoms with Crippen molar-refractivity contribution >= 4 is 17.7 Å². The van der Waals surface area contributed by atoms with Gasteiger partial charge >= 0.3 is 0 Å². The topological polar surface area (TPSA) is 73.4 Å². The van der Waals surface area contributed by atoms with E-state index in [1.807, 2.05) is 6.20 Å². The molecule has 1 amide bonds. The molecular weight excluding hydrogens is 364 g/mol. The Morgan fingerprint density at radius 1 is 1.17 bits per heavy atom. The fourth-order valence-corrected chi connectivity index (χ4v) is 5.11. The van der Waals surface area contributed by atoms with Gasteiger partial charge in [0.1, 0.15) is 11.9 Å². The Bertz CT molecular complexity index is 709. The number of nitrogens with one attached hydrogen (secondary N) is 2. The van der Waals surface area contributed by atoms with Crippen molar-refractivity contribution in [3.63, 3.8) is 0 Å². The first-order valence-corrected chi connectivity index (χ1v) is 11.4. The number of aromatic nitrogens is 2. The molecule has 1 saturated carbocycles. The lowest BCUT2D eigenvalue weighted by Gasteiger charge is -2.36. The van der Waals surface area contributed by atoms with Crippen LogP contribution in [0.4, 0.5) is 11.8 Å². The Labute approximate surface area is 174 Å². The zero-order chi connectivity index (χ0) is 20.4. The molecule has 2 N–H and O–H groups in total. The Hall–Kier alpha value is -1.89. The number of likely N-dealkylation sites (tertiary alicyclic amines) is 1. The van der Waals surface area contributed by atoms with Gasteiger partial charge in [0.15, 0.2) is 0 Å². The minimum Gasteiger partial charge on any atom is -0.354 e. The summed E-state index contributed by atoms with van der Waals surface area (Å²) in [5, 5.41) is 6.59. The number of amides is 1. The predicted octanol–water partition coefficient (Wildman–Crippen LogP) is 2.71. The Balaban J connectivity index is 1.52. The summed E-state index contributed by atoms with van der Waals surface area (Å²) in [5.41, 5.74) is 1.05. The third-order valence-corrected chi connectivity index (χ3v) is 6.86. The van der Waals surface area contributed by atoms with E-state index in [1.165, 1.54) is 12.8 Å². The van der Waals surface area contributed by atoms with Crippen LogP contribution in [0.1, 0.15) is 64.4 Å². The molecule has 7 heteroatoms. The smallest absolute Gasteiger partial charge is 0.242 e. The highest BCUT2D eigenvalue weighted by atomic mass is 16.2. The second-order valence-electron chi connectivity index (χ2n) is 9.19. The number of aryl methyl sites for hydroxylation is 1. The summed E-state index contributed by atoms with van der Waals surface area (Å²) >= 11 is 0. The molecule has 29 heavy (non-hydrogen) atoms. The Kier molecular flexibility index (Phi) is 6.23. The quantitative estimate of drug-likeness (QED) is 0.765. The van der Waals surface area contributed by atoms with E-state index < -0.39 is 0 Å². The molecule has 2 saturated heterocycles. The molecule has 1 unspecified atom stereocenters. The van der Waals surface area contributed by atoms with Crippen molar-refractivity contribution in [3.8, 4) is 0 Å². The van der Waals surface area contributed by atoms with Gasteiger partial charge < -0.3 is 20.4 Å². The van der Waals surface area contributed by atoms with Gasteiger partial charge in [-0.25, -0.2) is 4.98 Å². The van der Waals surface area contributed by atoms with Gasteiger partial charge in [0, 0.05) is 49.5 Å². The maximum atomic E-state index is 12.5. The number of nitrogens with zero attached hydrogens (tertiary/aromatic N) is 4. The van der Waals surface area contributed by atoms with E-state index in [2.05, 4.69) is 46.2 Å². The second-order valence-corrected chi connectivity index (χ2v) is 9.19. The lowest BCUT2D eigenvalue weighted by molar-refractivity contribution is -0.120. The molecule has 3 fully saturated rings. The number of anilines is 2. The van der Waals surface area contributed by atoms with Crippen molar-refractivity contribution in [2.45, 2.75) is 89.9 Å². The number of carbonyl (C=O) groups excluding carboxylic acids is 1. The average molecular weight is 401 g/mol. The first-order valence-electron chi connectivity index (χ1n) is 11.4. The van der Waals surface area contributed by atoms with E-state index in [0.717, 1.165) is 63.1 Å². The van der Waals surface area contributed by atoms with Gasteiger partial charge in [0.2, 0.25) is 11.9 Å². The van der Waals surface area contributed by atoms with Crippen LogP contribution in [0.3, 0.4) is 0 Å². The van der Waals surface area contributed by atoms with E-state index in [0.29, 0.717) is 24.1 Å². The van der Waals surface area contributed by atoms with Crippen LogP contribution < -0.4 is 15.5 Å².